The molecule has 1 aliphatic heterocycles. The Kier molecular flexibility index (Phi) is 4.80. The Morgan fingerprint density at radius 2 is 1.95 bits per heavy atom. The first-order chi connectivity index (χ1) is 9.11. The third-order valence-electron chi connectivity index (χ3n) is 4.62. The minimum atomic E-state index is -0.0234. The minimum Gasteiger partial charge on any atom is -0.355 e. The van der Waals surface area contributed by atoms with Crippen molar-refractivity contribution in [2.45, 2.75) is 50.6 Å². The molecule has 2 N–H and O–H groups in total. The van der Waals surface area contributed by atoms with Crippen LogP contribution < -0.4 is 10.6 Å². The standard InChI is InChI=1S/C14H25N3O2/c1-15-11-4-6-12(7-5-11)17(2)14(19)10-3-8-13(18)16-9-10/h10-12,15H,3-9H2,1-2H3,(H,16,18). The van der Waals surface area contributed by atoms with Crippen LogP contribution in [0.2, 0.25) is 0 Å². The molecule has 1 saturated heterocycles. The third-order valence-corrected chi connectivity index (χ3v) is 4.62. The number of nitrogens with zero attached hydrogens (tertiary/aromatic N) is 1. The smallest absolute Gasteiger partial charge is 0.227 e. The van der Waals surface area contributed by atoms with Crippen molar-refractivity contribution in [2.75, 3.05) is 20.6 Å². The van der Waals surface area contributed by atoms with E-state index in [0.717, 1.165) is 25.7 Å². The molecule has 0 aromatic carbocycles. The highest BCUT2D eigenvalue weighted by Crippen LogP contribution is 2.24. The van der Waals surface area contributed by atoms with E-state index in [1.165, 1.54) is 0 Å². The fourth-order valence-corrected chi connectivity index (χ4v) is 3.16. The van der Waals surface area contributed by atoms with Gasteiger partial charge in [0.05, 0.1) is 5.92 Å². The second kappa shape index (κ2) is 6.37. The Labute approximate surface area is 115 Å². The van der Waals surface area contributed by atoms with Crippen molar-refractivity contribution in [3.8, 4) is 0 Å². The molecule has 1 aliphatic carbocycles. The maximum Gasteiger partial charge on any atom is 0.227 e. The van der Waals surface area contributed by atoms with Gasteiger partial charge >= 0.3 is 0 Å². The van der Waals surface area contributed by atoms with Crippen LogP contribution in [0.1, 0.15) is 38.5 Å². The van der Waals surface area contributed by atoms with Gasteiger partial charge < -0.3 is 15.5 Å². The van der Waals surface area contributed by atoms with E-state index < -0.39 is 0 Å². The number of carbonyl (C=O) groups excluding carboxylic acids is 2. The van der Waals surface area contributed by atoms with Gasteiger partial charge in [-0.1, -0.05) is 0 Å². The van der Waals surface area contributed by atoms with E-state index in [-0.39, 0.29) is 17.7 Å². The topological polar surface area (TPSA) is 61.4 Å². The van der Waals surface area contributed by atoms with E-state index in [4.69, 9.17) is 0 Å². The molecular formula is C14H25N3O2. The first-order valence-corrected chi connectivity index (χ1v) is 7.32. The van der Waals surface area contributed by atoms with Gasteiger partial charge in [0, 0.05) is 32.1 Å². The summed E-state index contributed by atoms with van der Waals surface area (Å²) in [6.07, 6.45) is 5.61. The van der Waals surface area contributed by atoms with Gasteiger partial charge in [-0.25, -0.2) is 0 Å². The number of hydrogen-bond donors (Lipinski definition) is 2. The van der Waals surface area contributed by atoms with E-state index >= 15 is 0 Å². The van der Waals surface area contributed by atoms with Crippen LogP contribution in [-0.2, 0) is 9.59 Å². The zero-order valence-corrected chi connectivity index (χ0v) is 11.9. The molecule has 0 aromatic heterocycles. The van der Waals surface area contributed by atoms with Crippen LogP contribution in [-0.4, -0.2) is 49.4 Å². The Hall–Kier alpha value is -1.10. The minimum absolute atomic E-state index is 0.0234. The molecule has 0 bridgehead atoms. The predicted molar refractivity (Wildman–Crippen MR) is 73.6 cm³/mol. The van der Waals surface area contributed by atoms with Crippen molar-refractivity contribution in [2.24, 2.45) is 5.92 Å². The number of nitrogens with one attached hydrogen (secondary N) is 2. The number of piperidine rings is 1. The molecule has 2 fully saturated rings. The molecule has 0 radical (unpaired) electrons. The van der Waals surface area contributed by atoms with Crippen molar-refractivity contribution in [1.29, 1.82) is 0 Å². The van der Waals surface area contributed by atoms with Crippen molar-refractivity contribution < 1.29 is 9.59 Å². The van der Waals surface area contributed by atoms with Crippen LogP contribution in [0, 0.1) is 5.92 Å². The van der Waals surface area contributed by atoms with Gasteiger partial charge in [-0.05, 0) is 39.2 Å². The third kappa shape index (κ3) is 3.47. The van der Waals surface area contributed by atoms with Gasteiger partial charge in [0.25, 0.3) is 0 Å². The molecule has 0 aromatic rings. The summed E-state index contributed by atoms with van der Waals surface area (Å²) in [4.78, 5) is 25.5. The van der Waals surface area contributed by atoms with E-state index in [0.29, 0.717) is 31.5 Å². The van der Waals surface area contributed by atoms with Crippen molar-refractivity contribution in [3.63, 3.8) is 0 Å². The van der Waals surface area contributed by atoms with Gasteiger partial charge in [-0.15, -0.1) is 0 Å². The Balaban J connectivity index is 1.84. The van der Waals surface area contributed by atoms with E-state index in [9.17, 15) is 9.59 Å². The number of rotatable bonds is 3. The van der Waals surface area contributed by atoms with Gasteiger partial charge in [0.2, 0.25) is 11.8 Å². The largest absolute Gasteiger partial charge is 0.355 e. The summed E-state index contributed by atoms with van der Waals surface area (Å²) in [6.45, 7) is 0.508. The molecular weight excluding hydrogens is 242 g/mol. The summed E-state index contributed by atoms with van der Waals surface area (Å²) in [5, 5.41) is 6.10. The van der Waals surface area contributed by atoms with Crippen LogP contribution in [0.15, 0.2) is 0 Å². The van der Waals surface area contributed by atoms with Crippen molar-refractivity contribution >= 4 is 11.8 Å². The molecule has 2 aliphatic rings. The zero-order chi connectivity index (χ0) is 13.8. The molecule has 2 amide bonds. The molecule has 5 heteroatoms. The van der Waals surface area contributed by atoms with Crippen LogP contribution in [0.5, 0.6) is 0 Å². The second-order valence-corrected chi connectivity index (χ2v) is 5.78. The monoisotopic (exact) mass is 267 g/mol. The van der Waals surface area contributed by atoms with Gasteiger partial charge in [-0.2, -0.15) is 0 Å². The Morgan fingerprint density at radius 3 is 2.47 bits per heavy atom. The summed E-state index contributed by atoms with van der Waals surface area (Å²) in [5.74, 6) is 0.249. The maximum atomic E-state index is 12.4. The summed E-state index contributed by atoms with van der Waals surface area (Å²) < 4.78 is 0. The molecule has 1 heterocycles. The molecule has 1 atom stereocenters. The highest BCUT2D eigenvalue weighted by molar-refractivity contribution is 5.83. The molecule has 0 spiro atoms. The first kappa shape index (κ1) is 14.3. The SMILES string of the molecule is CNC1CCC(N(C)C(=O)C2CCC(=O)NC2)CC1. The van der Waals surface area contributed by atoms with Gasteiger partial charge in [0.1, 0.15) is 0 Å². The number of amides is 2. The fraction of sp³-hybridized carbons (Fsp3) is 0.857. The molecule has 1 saturated carbocycles. The number of carbonyl (C=O) groups is 2. The molecule has 5 nitrogen and oxygen atoms in total. The lowest BCUT2D eigenvalue weighted by molar-refractivity contribution is -0.138. The van der Waals surface area contributed by atoms with Crippen molar-refractivity contribution in [3.05, 3.63) is 0 Å². The van der Waals surface area contributed by atoms with E-state index in [2.05, 4.69) is 10.6 Å². The number of hydrogen-bond acceptors (Lipinski definition) is 3. The lowest BCUT2D eigenvalue weighted by Crippen LogP contribution is -2.48. The first-order valence-electron chi connectivity index (χ1n) is 7.32. The zero-order valence-electron chi connectivity index (χ0n) is 11.9. The molecule has 1 unspecified atom stereocenters. The summed E-state index contributed by atoms with van der Waals surface area (Å²) >= 11 is 0. The van der Waals surface area contributed by atoms with E-state index in [1.54, 1.807) is 0 Å². The summed E-state index contributed by atoms with van der Waals surface area (Å²) in [5.41, 5.74) is 0. The van der Waals surface area contributed by atoms with Gasteiger partial charge in [-0.3, -0.25) is 9.59 Å². The van der Waals surface area contributed by atoms with Crippen LogP contribution in [0.3, 0.4) is 0 Å². The average molecular weight is 267 g/mol. The highest BCUT2D eigenvalue weighted by atomic mass is 16.2. The quantitative estimate of drug-likeness (QED) is 0.783. The molecule has 2 rings (SSSR count). The summed E-state index contributed by atoms with van der Waals surface area (Å²) in [7, 11) is 3.92. The fourth-order valence-electron chi connectivity index (χ4n) is 3.16. The average Bonchev–Trinajstić information content (AvgIpc) is 2.46. The van der Waals surface area contributed by atoms with Crippen LogP contribution in [0.4, 0.5) is 0 Å². The lowest BCUT2D eigenvalue weighted by Gasteiger charge is -2.37. The van der Waals surface area contributed by atoms with Crippen molar-refractivity contribution in [1.82, 2.24) is 15.5 Å². The predicted octanol–water partition coefficient (Wildman–Crippen LogP) is 0.502. The van der Waals surface area contributed by atoms with Gasteiger partial charge in [0.15, 0.2) is 0 Å². The second-order valence-electron chi connectivity index (χ2n) is 5.78. The molecule has 19 heavy (non-hydrogen) atoms. The Morgan fingerprint density at radius 1 is 1.26 bits per heavy atom. The van der Waals surface area contributed by atoms with E-state index in [1.807, 2.05) is 19.0 Å². The van der Waals surface area contributed by atoms with Crippen LogP contribution >= 0.6 is 0 Å². The normalized spacial score (nSPS) is 31.7. The Bertz CT molecular complexity index is 328. The highest BCUT2D eigenvalue weighted by Gasteiger charge is 2.31. The maximum absolute atomic E-state index is 12.4. The molecule has 108 valence electrons. The lowest BCUT2D eigenvalue weighted by atomic mass is 9.89. The van der Waals surface area contributed by atoms with Crippen LogP contribution in [0.25, 0.3) is 0 Å². The summed E-state index contributed by atoms with van der Waals surface area (Å²) in [6, 6.07) is 0.975.